The quantitative estimate of drug-likeness (QED) is 0.324. The van der Waals surface area contributed by atoms with E-state index in [-0.39, 0.29) is 22.6 Å². The molecule has 0 spiro atoms. The first kappa shape index (κ1) is 24.2. The Bertz CT molecular complexity index is 1140. The molecular formula is C20H28ClN7O3S. The molecule has 0 unspecified atom stereocenters. The van der Waals surface area contributed by atoms with Crippen molar-refractivity contribution >= 4 is 50.1 Å². The Kier molecular flexibility index (Phi) is 7.23. The van der Waals surface area contributed by atoms with Gasteiger partial charge in [-0.15, -0.1) is 0 Å². The van der Waals surface area contributed by atoms with Gasteiger partial charge in [-0.1, -0.05) is 30.5 Å². The number of aromatic nitrogens is 1. The van der Waals surface area contributed by atoms with Crippen LogP contribution in [-0.2, 0) is 14.8 Å². The molecule has 3 rings (SSSR count). The van der Waals surface area contributed by atoms with E-state index in [9.17, 15) is 13.2 Å². The highest BCUT2D eigenvalue weighted by atomic mass is 35.5. The van der Waals surface area contributed by atoms with E-state index in [2.05, 4.69) is 20.0 Å². The topological polar surface area (TPSA) is 156 Å². The van der Waals surface area contributed by atoms with Gasteiger partial charge in [0, 0.05) is 37.1 Å². The predicted molar refractivity (Wildman–Crippen MR) is 125 cm³/mol. The van der Waals surface area contributed by atoms with Crippen LogP contribution in [0.5, 0.6) is 0 Å². The molecule has 1 aromatic heterocycles. The number of carbonyl (C=O) groups excluding carboxylic acids is 1. The fourth-order valence-corrected chi connectivity index (χ4v) is 5.61. The van der Waals surface area contributed by atoms with Crippen LogP contribution in [0.2, 0.25) is 5.02 Å². The van der Waals surface area contributed by atoms with Crippen LogP contribution in [0.15, 0.2) is 34.3 Å². The van der Waals surface area contributed by atoms with Crippen LogP contribution in [0.3, 0.4) is 0 Å². The summed E-state index contributed by atoms with van der Waals surface area (Å²) in [6.07, 6.45) is 3.80. The Hall–Kier alpha value is -2.47. The molecule has 0 saturated heterocycles. The van der Waals surface area contributed by atoms with Gasteiger partial charge in [-0.25, -0.2) is 13.4 Å². The first-order chi connectivity index (χ1) is 15.1. The number of carbonyl (C=O) groups is 1. The number of aliphatic imine (C=N–C) groups is 1. The van der Waals surface area contributed by atoms with Crippen LogP contribution >= 0.6 is 11.6 Å². The van der Waals surface area contributed by atoms with E-state index in [0.717, 1.165) is 12.8 Å². The summed E-state index contributed by atoms with van der Waals surface area (Å²) in [4.78, 5) is 22.8. The number of pyridine rings is 1. The number of amides is 1. The molecule has 1 aliphatic rings. The van der Waals surface area contributed by atoms with Crippen molar-refractivity contribution in [2.45, 2.75) is 36.1 Å². The van der Waals surface area contributed by atoms with E-state index in [1.165, 1.54) is 18.3 Å². The third-order valence-electron chi connectivity index (χ3n) is 5.57. The average Bonchev–Trinajstić information content (AvgIpc) is 3.21. The number of nitrogens with two attached hydrogens (primary N) is 2. The minimum Gasteiger partial charge on any atom is -0.370 e. The average molecular weight is 482 g/mol. The van der Waals surface area contributed by atoms with Crippen molar-refractivity contribution in [3.8, 4) is 0 Å². The smallest absolute Gasteiger partial charge is 0.243 e. The molecule has 0 radical (unpaired) electrons. The predicted octanol–water partition coefficient (Wildman–Crippen LogP) is 1.06. The summed E-state index contributed by atoms with van der Waals surface area (Å²) in [5.74, 6) is -0.298. The summed E-state index contributed by atoms with van der Waals surface area (Å²) in [5.41, 5.74) is 9.78. The van der Waals surface area contributed by atoms with Gasteiger partial charge in [0.05, 0.1) is 9.92 Å². The summed E-state index contributed by atoms with van der Waals surface area (Å²) in [7, 11) is -0.570. The van der Waals surface area contributed by atoms with Crippen LogP contribution in [0.1, 0.15) is 25.7 Å². The molecule has 1 heterocycles. The van der Waals surface area contributed by atoms with Gasteiger partial charge >= 0.3 is 0 Å². The normalized spacial score (nSPS) is 15.6. The van der Waals surface area contributed by atoms with Crippen molar-refractivity contribution in [3.63, 3.8) is 0 Å². The van der Waals surface area contributed by atoms with Gasteiger partial charge in [0.15, 0.2) is 11.8 Å². The number of rotatable bonds is 8. The van der Waals surface area contributed by atoms with E-state index in [4.69, 9.17) is 23.1 Å². The molecule has 1 fully saturated rings. The molecule has 0 atom stereocenters. The summed E-state index contributed by atoms with van der Waals surface area (Å²) in [5, 5.41) is 4.26. The van der Waals surface area contributed by atoms with E-state index in [1.807, 2.05) is 0 Å². The van der Waals surface area contributed by atoms with Crippen molar-refractivity contribution in [2.24, 2.45) is 16.5 Å². The van der Waals surface area contributed by atoms with Gasteiger partial charge in [0.2, 0.25) is 15.9 Å². The molecule has 6 N–H and O–H groups in total. The highest BCUT2D eigenvalue weighted by Gasteiger charge is 2.45. The standard InChI is InChI=1S/C20H28ClN7O3S/c1-24-9-10-28(2)18(29)20(7-3-4-8-20)27-32(30,31)13-5-6-14-15(11-13)17(26-19(22)23)25-12-16(14)21/h5-6,11-12,24,27H,3-4,7-10H2,1-2H3,(H4,22,23,25,26). The molecule has 32 heavy (non-hydrogen) atoms. The van der Waals surface area contributed by atoms with Gasteiger partial charge in [0.25, 0.3) is 0 Å². The van der Waals surface area contributed by atoms with E-state index in [0.29, 0.717) is 41.7 Å². The summed E-state index contributed by atoms with van der Waals surface area (Å²) < 4.78 is 29.4. The van der Waals surface area contributed by atoms with Crippen molar-refractivity contribution in [1.82, 2.24) is 19.9 Å². The number of hydrogen-bond acceptors (Lipinski definition) is 6. The summed E-state index contributed by atoms with van der Waals surface area (Å²) in [6, 6.07) is 4.42. The maximum atomic E-state index is 13.4. The maximum Gasteiger partial charge on any atom is 0.243 e. The van der Waals surface area contributed by atoms with Crippen LogP contribution in [-0.4, -0.2) is 62.9 Å². The highest BCUT2D eigenvalue weighted by molar-refractivity contribution is 7.89. The molecule has 0 bridgehead atoms. The van der Waals surface area contributed by atoms with Gasteiger partial charge < -0.3 is 21.7 Å². The SMILES string of the molecule is CNCCN(C)C(=O)C1(NS(=O)(=O)c2ccc3c(Cl)cnc(N=C(N)N)c3c2)CCCC1. The van der Waals surface area contributed by atoms with Crippen molar-refractivity contribution in [3.05, 3.63) is 29.4 Å². The molecule has 1 aliphatic carbocycles. The molecule has 10 nitrogen and oxygen atoms in total. The third kappa shape index (κ3) is 4.96. The number of nitrogens with one attached hydrogen (secondary N) is 2. The number of benzene rings is 1. The third-order valence-corrected chi connectivity index (χ3v) is 7.41. The molecular weight excluding hydrogens is 454 g/mol. The van der Waals surface area contributed by atoms with E-state index in [1.54, 1.807) is 25.1 Å². The second kappa shape index (κ2) is 9.57. The minimum absolute atomic E-state index is 0.0296. The molecule has 1 amide bonds. The van der Waals surface area contributed by atoms with Crippen LogP contribution in [0.4, 0.5) is 5.82 Å². The number of halogens is 1. The minimum atomic E-state index is -4.05. The molecule has 2 aromatic rings. The second-order valence-electron chi connectivity index (χ2n) is 7.90. The number of hydrogen-bond donors (Lipinski definition) is 4. The molecule has 1 saturated carbocycles. The number of nitrogens with zero attached hydrogens (tertiary/aromatic N) is 3. The number of sulfonamides is 1. The fraction of sp³-hybridized carbons (Fsp3) is 0.450. The van der Waals surface area contributed by atoms with Crippen LogP contribution in [0.25, 0.3) is 10.8 Å². The van der Waals surface area contributed by atoms with Crippen molar-refractivity contribution < 1.29 is 13.2 Å². The molecule has 0 aliphatic heterocycles. The van der Waals surface area contributed by atoms with Gasteiger partial charge in [0.1, 0.15) is 5.54 Å². The van der Waals surface area contributed by atoms with Gasteiger partial charge in [-0.3, -0.25) is 4.79 Å². The second-order valence-corrected chi connectivity index (χ2v) is 9.99. The summed E-state index contributed by atoms with van der Waals surface area (Å²) in [6.45, 7) is 1.08. The Morgan fingerprint density at radius 3 is 2.59 bits per heavy atom. The lowest BCUT2D eigenvalue weighted by Gasteiger charge is -2.33. The lowest BCUT2D eigenvalue weighted by Crippen LogP contribution is -2.57. The lowest BCUT2D eigenvalue weighted by molar-refractivity contribution is -0.136. The maximum absolute atomic E-state index is 13.4. The number of guanidine groups is 1. The Balaban J connectivity index is 2.01. The molecule has 12 heteroatoms. The fourth-order valence-electron chi connectivity index (χ4n) is 3.95. The Morgan fingerprint density at radius 2 is 1.97 bits per heavy atom. The first-order valence-electron chi connectivity index (χ1n) is 10.2. The number of likely N-dealkylation sites (N-methyl/N-ethyl adjacent to an activating group) is 2. The highest BCUT2D eigenvalue weighted by Crippen LogP contribution is 2.35. The largest absolute Gasteiger partial charge is 0.370 e. The van der Waals surface area contributed by atoms with Gasteiger partial charge in [-0.2, -0.15) is 9.71 Å². The van der Waals surface area contributed by atoms with Crippen LogP contribution in [0, 0.1) is 0 Å². The van der Waals surface area contributed by atoms with Crippen molar-refractivity contribution in [2.75, 3.05) is 27.2 Å². The van der Waals surface area contributed by atoms with Crippen molar-refractivity contribution in [1.29, 1.82) is 0 Å². The molecule has 1 aromatic carbocycles. The summed E-state index contributed by atoms with van der Waals surface area (Å²) >= 11 is 6.22. The lowest BCUT2D eigenvalue weighted by atomic mass is 9.97. The van der Waals surface area contributed by atoms with Gasteiger partial charge in [-0.05, 0) is 32.0 Å². The first-order valence-corrected chi connectivity index (χ1v) is 12.1. The van der Waals surface area contributed by atoms with E-state index >= 15 is 0 Å². The Labute approximate surface area is 192 Å². The monoisotopic (exact) mass is 481 g/mol. The zero-order chi connectivity index (χ0) is 23.5. The Morgan fingerprint density at radius 1 is 1.28 bits per heavy atom. The number of fused-ring (bicyclic) bond motifs is 1. The molecule has 174 valence electrons. The zero-order valence-corrected chi connectivity index (χ0v) is 19.6. The van der Waals surface area contributed by atoms with E-state index < -0.39 is 15.6 Å². The zero-order valence-electron chi connectivity index (χ0n) is 18.1. The van der Waals surface area contributed by atoms with Crippen LogP contribution < -0.4 is 21.5 Å².